The highest BCUT2D eigenvalue weighted by Crippen LogP contribution is 2.20. The fourth-order valence-electron chi connectivity index (χ4n) is 7.13. The van der Waals surface area contributed by atoms with Crippen LogP contribution < -0.4 is 76.9 Å². The lowest BCUT2D eigenvalue weighted by Crippen LogP contribution is -2.60. The van der Waals surface area contributed by atoms with Crippen LogP contribution >= 0.6 is 0 Å². The first-order chi connectivity index (χ1) is 33.9. The maximum absolute atomic E-state index is 14.1. The molecule has 1 aliphatic heterocycles. The van der Waals surface area contributed by atoms with Crippen molar-refractivity contribution in [2.75, 3.05) is 57.8 Å². The van der Waals surface area contributed by atoms with Gasteiger partial charge in [0.15, 0.2) is 5.96 Å². The van der Waals surface area contributed by atoms with Crippen LogP contribution in [-0.4, -0.2) is 189 Å². The number of carboxylic acid groups (broad SMARTS) is 1. The second-order valence-corrected chi connectivity index (χ2v) is 19.5. The van der Waals surface area contributed by atoms with Gasteiger partial charge in [0, 0.05) is 25.9 Å². The number of amides is 8. The van der Waals surface area contributed by atoms with Gasteiger partial charge in [0.05, 0.1) is 24.4 Å². The minimum atomic E-state index is -3.72. The zero-order chi connectivity index (χ0) is 54.6. The van der Waals surface area contributed by atoms with Crippen LogP contribution in [0.15, 0.2) is 11.8 Å². The van der Waals surface area contributed by atoms with Gasteiger partial charge < -0.3 is 92.0 Å². The molecule has 1 rings (SSSR count). The lowest BCUT2D eigenvalue weighted by molar-refractivity contribution is -0.142. The number of hydrogen-bond donors (Lipinski definition) is 17. The third-order valence-electron chi connectivity index (χ3n) is 11.1. The minimum absolute atomic E-state index is 0.000652. The number of carbonyl (C=O) groups excluding carboxylic acids is 8. The van der Waals surface area contributed by atoms with E-state index in [1.807, 2.05) is 0 Å². The van der Waals surface area contributed by atoms with Gasteiger partial charge >= 0.3 is 5.97 Å². The molecule has 0 saturated carbocycles. The highest BCUT2D eigenvalue weighted by molar-refractivity contribution is 7.90. The Morgan fingerprint density at radius 1 is 0.750 bits per heavy atom. The second kappa shape index (κ2) is 33.6. The summed E-state index contributed by atoms with van der Waals surface area (Å²) < 4.78 is 24.5. The average Bonchev–Trinajstić information content (AvgIpc) is 3.82. The van der Waals surface area contributed by atoms with E-state index in [1.54, 1.807) is 0 Å². The molecule has 1 saturated heterocycles. The number of nitrogens with zero attached hydrogens (tertiary/aromatic N) is 1. The third kappa shape index (κ3) is 24.4. The largest absolute Gasteiger partial charge is 0.477 e. The number of aliphatic hydroxyl groups excluding tert-OH is 1. The quantitative estimate of drug-likeness (QED) is 0.0121. The van der Waals surface area contributed by atoms with Gasteiger partial charge in [0.2, 0.25) is 47.3 Å². The number of sulfone groups is 1. The summed E-state index contributed by atoms with van der Waals surface area (Å²) in [5.41, 5.74) is 33.0. The van der Waals surface area contributed by atoms with Gasteiger partial charge in [-0.15, -0.1) is 0 Å². The number of hydrogen-bond acceptors (Lipinski definition) is 18. The lowest BCUT2D eigenvalue weighted by atomic mass is 10.1. The van der Waals surface area contributed by atoms with Crippen LogP contribution in [0.3, 0.4) is 0 Å². The zero-order valence-corrected chi connectivity index (χ0v) is 41.9. The van der Waals surface area contributed by atoms with Gasteiger partial charge in [-0.1, -0.05) is 12.5 Å². The number of likely N-dealkylation sites (tertiary alicyclic amines) is 1. The first kappa shape index (κ1) is 64.0. The molecule has 8 atom stereocenters. The minimum Gasteiger partial charge on any atom is -0.477 e. The Morgan fingerprint density at radius 3 is 1.94 bits per heavy atom. The molecule has 23 N–H and O–H groups in total. The topological polar surface area (TPSA) is 508 Å². The number of unbranched alkanes of at least 4 members (excludes halogenated alkanes) is 2. The highest BCUT2D eigenvalue weighted by atomic mass is 32.2. The maximum Gasteiger partial charge on any atom is 0.352 e. The molecule has 0 radical (unpaired) electrons. The highest BCUT2D eigenvalue weighted by Gasteiger charge is 2.40. The fraction of sp³-hybridized carbons (Fsp3) is 0.714. The van der Waals surface area contributed by atoms with Crippen molar-refractivity contribution in [1.29, 1.82) is 5.41 Å². The summed E-state index contributed by atoms with van der Waals surface area (Å²) in [4.78, 5) is 120. The van der Waals surface area contributed by atoms with E-state index in [2.05, 4.69) is 42.5 Å². The van der Waals surface area contributed by atoms with E-state index in [0.717, 1.165) is 12.3 Å². The van der Waals surface area contributed by atoms with Crippen LogP contribution in [-0.2, 0) is 53.0 Å². The predicted octanol–water partition coefficient (Wildman–Crippen LogP) is -7.43. The molecule has 72 heavy (non-hydrogen) atoms. The van der Waals surface area contributed by atoms with Crippen molar-refractivity contribution in [2.24, 2.45) is 34.4 Å². The molecule has 410 valence electrons. The molecule has 1 unspecified atom stereocenters. The number of aliphatic carboxylic acids is 1. The molecule has 30 heteroatoms. The van der Waals surface area contributed by atoms with Crippen molar-refractivity contribution in [2.45, 2.75) is 132 Å². The average molecular weight is 1050 g/mol. The number of guanidine groups is 1. The molecule has 1 fully saturated rings. The Kier molecular flexibility index (Phi) is 29.8. The fourth-order valence-corrected chi connectivity index (χ4v) is 7.79. The van der Waals surface area contributed by atoms with Crippen molar-refractivity contribution < 1.29 is 61.8 Å². The Hall–Kier alpha value is -6.05. The zero-order valence-electron chi connectivity index (χ0n) is 41.0. The summed E-state index contributed by atoms with van der Waals surface area (Å²) in [6, 6.07) is -9.34. The monoisotopic (exact) mass is 1050 g/mol. The van der Waals surface area contributed by atoms with E-state index < -0.39 is 142 Å². The molecule has 1 heterocycles. The molecular formula is C42H78N16O13S. The van der Waals surface area contributed by atoms with Crippen LogP contribution in [0.1, 0.15) is 84.0 Å². The maximum atomic E-state index is 14.1. The lowest BCUT2D eigenvalue weighted by Gasteiger charge is -2.30. The first-order valence-electron chi connectivity index (χ1n) is 23.7. The van der Waals surface area contributed by atoms with Gasteiger partial charge in [0.25, 0.3) is 0 Å². The van der Waals surface area contributed by atoms with Gasteiger partial charge in [0.1, 0.15) is 51.8 Å². The number of rotatable bonds is 35. The standard InChI is InChI=1S/C42H78N16O13S/c1-24(52-39(66)33(31(59)22-46)57-35(62)25(47)10-3-5-16-43)34(61)51-23-32(60)53-28(12-7-18-45)40(67)58-20-9-14-30(58)38(65)55-27(15-21-72(2,70)71)37(64)54-26(11-4-6-17-44)36(63)56-29(41(68)69)13-8-19-50-42(48)49/h13,24-28,30-31,33,59H,3-12,14-23,43-47H2,1-2H3,(H,51,61)(H,52,66)(H,53,60)(H,54,64)(H,55,65)(H,56,63)(H,57,62)(H,68,69)(H4,48,49,50)/b29-13-/t24-,25?,26-,27-,28+,30-,31-,33-/m0/s1. The predicted molar refractivity (Wildman–Crippen MR) is 263 cm³/mol. The van der Waals surface area contributed by atoms with Crippen molar-refractivity contribution >= 4 is 69.0 Å². The van der Waals surface area contributed by atoms with E-state index in [9.17, 15) is 61.8 Å². The van der Waals surface area contributed by atoms with Crippen molar-refractivity contribution in [3.05, 3.63) is 11.8 Å². The van der Waals surface area contributed by atoms with E-state index in [-0.39, 0.29) is 70.7 Å². The smallest absolute Gasteiger partial charge is 0.352 e. The number of nitrogens with two attached hydrogens (primary N) is 6. The van der Waals surface area contributed by atoms with Crippen LogP contribution in [0.4, 0.5) is 0 Å². The second-order valence-electron chi connectivity index (χ2n) is 17.2. The summed E-state index contributed by atoms with van der Waals surface area (Å²) in [6.07, 6.45) is 2.83. The summed E-state index contributed by atoms with van der Waals surface area (Å²) in [5, 5.41) is 46.6. The van der Waals surface area contributed by atoms with Crippen LogP contribution in [0.2, 0.25) is 0 Å². The normalized spacial score (nSPS) is 16.6. The van der Waals surface area contributed by atoms with Crippen LogP contribution in [0.25, 0.3) is 0 Å². The number of carboxylic acids is 1. The number of carbonyl (C=O) groups is 9. The molecule has 0 spiro atoms. The summed E-state index contributed by atoms with van der Waals surface area (Å²) in [6.45, 7) is 0.979. The van der Waals surface area contributed by atoms with Crippen LogP contribution in [0.5, 0.6) is 0 Å². The Balaban J connectivity index is 3.19. The molecule has 29 nitrogen and oxygen atoms in total. The van der Waals surface area contributed by atoms with E-state index >= 15 is 0 Å². The molecule has 0 aromatic rings. The van der Waals surface area contributed by atoms with Crippen LogP contribution in [0, 0.1) is 5.41 Å². The molecule has 0 aromatic heterocycles. The Bertz CT molecular complexity index is 2000. The van der Waals surface area contributed by atoms with Gasteiger partial charge in [-0.3, -0.25) is 43.8 Å². The Labute approximate surface area is 419 Å². The molecule has 8 amide bonds. The molecule has 1 aliphatic rings. The van der Waals surface area contributed by atoms with E-state index in [4.69, 9.17) is 39.8 Å². The van der Waals surface area contributed by atoms with Gasteiger partial charge in [-0.05, 0) is 97.2 Å². The van der Waals surface area contributed by atoms with E-state index in [1.165, 1.54) is 11.8 Å². The summed E-state index contributed by atoms with van der Waals surface area (Å²) in [5.74, 6) is -9.35. The number of aliphatic hydroxyl groups is 1. The summed E-state index contributed by atoms with van der Waals surface area (Å²) >= 11 is 0. The van der Waals surface area contributed by atoms with Gasteiger partial charge in [-0.2, -0.15) is 0 Å². The van der Waals surface area contributed by atoms with E-state index in [0.29, 0.717) is 38.6 Å². The van der Waals surface area contributed by atoms with Gasteiger partial charge in [-0.25, -0.2) is 13.2 Å². The van der Waals surface area contributed by atoms with Crippen molar-refractivity contribution in [3.8, 4) is 0 Å². The van der Waals surface area contributed by atoms with Crippen molar-refractivity contribution in [1.82, 2.24) is 47.4 Å². The summed E-state index contributed by atoms with van der Waals surface area (Å²) in [7, 11) is -3.72. The first-order valence-corrected chi connectivity index (χ1v) is 25.8. The molecule has 0 bridgehead atoms. The number of nitrogens with one attached hydrogen (secondary N) is 9. The molecule has 0 aromatic carbocycles. The molecular weight excluding hydrogens is 969 g/mol. The third-order valence-corrected chi connectivity index (χ3v) is 12.1. The van der Waals surface area contributed by atoms with Crippen molar-refractivity contribution in [3.63, 3.8) is 0 Å². The SMILES string of the molecule is C[C@H](NC(=O)[C@@H](NC(=O)C(N)CCCCN)[C@@H](O)CN)C(=O)NCC(=O)N[C@H](CCCN)C(=O)N1CCC[C@H]1C(=O)N[C@@H](CCS(C)(=O)=O)C(=O)N[C@@H](CCCCN)C(=O)N/C(=C\CCNC(=N)N)C(=O)O. The Morgan fingerprint density at radius 2 is 1.36 bits per heavy atom. The molecule has 0 aliphatic carbocycles.